The van der Waals surface area contributed by atoms with Gasteiger partial charge in [0.25, 0.3) is 0 Å². The van der Waals surface area contributed by atoms with Gasteiger partial charge in [0.05, 0.1) is 5.75 Å². The van der Waals surface area contributed by atoms with Gasteiger partial charge in [-0.2, -0.15) is 0 Å². The average Bonchev–Trinajstić information content (AvgIpc) is 2.56. The van der Waals surface area contributed by atoms with Gasteiger partial charge in [-0.3, -0.25) is 4.79 Å². The van der Waals surface area contributed by atoms with Crippen molar-refractivity contribution >= 4 is 39.3 Å². The van der Waals surface area contributed by atoms with E-state index in [4.69, 9.17) is 9.47 Å². The summed E-state index contributed by atoms with van der Waals surface area (Å²) >= 11 is 4.92. The van der Waals surface area contributed by atoms with E-state index in [0.29, 0.717) is 19.0 Å². The van der Waals surface area contributed by atoms with E-state index in [-0.39, 0.29) is 5.91 Å². The van der Waals surface area contributed by atoms with Crippen molar-refractivity contribution < 1.29 is 14.3 Å². The van der Waals surface area contributed by atoms with Crippen LogP contribution >= 0.6 is 27.7 Å². The molecule has 6 heteroatoms. The molecular weight excluding hydrogens is 378 g/mol. The lowest BCUT2D eigenvalue weighted by atomic mass is 10.2. The monoisotopic (exact) mass is 393 g/mol. The maximum Gasteiger partial charge on any atom is 0.234 e. The molecule has 2 aromatic carbocycles. The van der Waals surface area contributed by atoms with E-state index in [0.717, 1.165) is 32.1 Å². The van der Waals surface area contributed by atoms with Crippen molar-refractivity contribution in [3.8, 4) is 11.5 Å². The predicted octanol–water partition coefficient (Wildman–Crippen LogP) is 4.26. The van der Waals surface area contributed by atoms with Crippen molar-refractivity contribution in [1.29, 1.82) is 0 Å². The molecule has 1 amide bonds. The average molecular weight is 394 g/mol. The van der Waals surface area contributed by atoms with Crippen LogP contribution in [0.4, 0.5) is 5.69 Å². The number of aryl methyl sites for hydroxylation is 1. The van der Waals surface area contributed by atoms with Gasteiger partial charge >= 0.3 is 0 Å². The normalized spacial score (nSPS) is 12.8. The van der Waals surface area contributed by atoms with Crippen LogP contribution in [0.5, 0.6) is 11.5 Å². The Morgan fingerprint density at radius 3 is 2.74 bits per heavy atom. The molecule has 0 fully saturated rings. The number of ether oxygens (including phenoxy) is 2. The van der Waals surface area contributed by atoms with Gasteiger partial charge in [-0.15, -0.1) is 11.8 Å². The standard InChI is InChI=1S/C17H16BrNO3S/c1-11-8-12(2-4-14(11)18)19-17(20)10-23-13-3-5-15-16(9-13)22-7-6-21-15/h2-5,8-9H,6-7,10H2,1H3,(H,19,20). The summed E-state index contributed by atoms with van der Waals surface area (Å²) in [5.74, 6) is 1.81. The second-order valence-electron chi connectivity index (χ2n) is 5.11. The number of carbonyl (C=O) groups is 1. The van der Waals surface area contributed by atoms with Crippen molar-refractivity contribution in [2.45, 2.75) is 11.8 Å². The number of thioether (sulfide) groups is 1. The number of hydrogen-bond donors (Lipinski definition) is 1. The number of amides is 1. The van der Waals surface area contributed by atoms with Crippen LogP contribution in [0.2, 0.25) is 0 Å². The largest absolute Gasteiger partial charge is 0.486 e. The molecule has 23 heavy (non-hydrogen) atoms. The fourth-order valence-electron chi connectivity index (χ4n) is 2.18. The highest BCUT2D eigenvalue weighted by Crippen LogP contribution is 2.34. The highest BCUT2D eigenvalue weighted by molar-refractivity contribution is 9.10. The molecule has 0 radical (unpaired) electrons. The van der Waals surface area contributed by atoms with Crippen molar-refractivity contribution in [3.63, 3.8) is 0 Å². The number of rotatable bonds is 4. The Balaban J connectivity index is 1.57. The van der Waals surface area contributed by atoms with Crippen molar-refractivity contribution in [2.75, 3.05) is 24.3 Å². The molecule has 0 saturated heterocycles. The molecular formula is C17H16BrNO3S. The minimum Gasteiger partial charge on any atom is -0.486 e. The maximum atomic E-state index is 12.1. The Labute approximate surface area is 147 Å². The molecule has 1 N–H and O–H groups in total. The number of anilines is 1. The highest BCUT2D eigenvalue weighted by Gasteiger charge is 2.12. The molecule has 0 unspecified atom stereocenters. The lowest BCUT2D eigenvalue weighted by Crippen LogP contribution is -2.15. The van der Waals surface area contributed by atoms with E-state index in [1.807, 2.05) is 43.3 Å². The van der Waals surface area contributed by atoms with Crippen LogP contribution in [0.15, 0.2) is 45.8 Å². The molecule has 0 bridgehead atoms. The Morgan fingerprint density at radius 1 is 1.17 bits per heavy atom. The van der Waals surface area contributed by atoms with E-state index in [2.05, 4.69) is 21.2 Å². The lowest BCUT2D eigenvalue weighted by molar-refractivity contribution is -0.113. The Kier molecular flexibility index (Phi) is 5.13. The molecule has 0 saturated carbocycles. The lowest BCUT2D eigenvalue weighted by Gasteiger charge is -2.18. The summed E-state index contributed by atoms with van der Waals surface area (Å²) in [7, 11) is 0. The van der Waals surface area contributed by atoms with Crippen LogP contribution in [0.25, 0.3) is 0 Å². The summed E-state index contributed by atoms with van der Waals surface area (Å²) in [6.07, 6.45) is 0. The predicted molar refractivity (Wildman–Crippen MR) is 95.7 cm³/mol. The summed E-state index contributed by atoms with van der Waals surface area (Å²) in [5, 5.41) is 2.91. The fraction of sp³-hybridized carbons (Fsp3) is 0.235. The fourth-order valence-corrected chi connectivity index (χ4v) is 3.15. The second kappa shape index (κ2) is 7.27. The number of halogens is 1. The Hall–Kier alpha value is -1.66. The third-order valence-corrected chi connectivity index (χ3v) is 5.21. The van der Waals surface area contributed by atoms with Gasteiger partial charge in [0, 0.05) is 15.1 Å². The SMILES string of the molecule is Cc1cc(NC(=O)CSc2ccc3c(c2)OCCO3)ccc1Br. The molecule has 1 heterocycles. The van der Waals surface area contributed by atoms with Gasteiger partial charge in [-0.1, -0.05) is 15.9 Å². The first-order valence-electron chi connectivity index (χ1n) is 7.20. The number of hydrogen-bond acceptors (Lipinski definition) is 4. The first kappa shape index (κ1) is 16.2. The second-order valence-corrected chi connectivity index (χ2v) is 7.01. The first-order valence-corrected chi connectivity index (χ1v) is 8.98. The van der Waals surface area contributed by atoms with Crippen LogP contribution in [-0.2, 0) is 4.79 Å². The summed E-state index contributed by atoms with van der Waals surface area (Å²) in [6.45, 7) is 3.13. The van der Waals surface area contributed by atoms with E-state index in [9.17, 15) is 4.79 Å². The van der Waals surface area contributed by atoms with E-state index < -0.39 is 0 Å². The topological polar surface area (TPSA) is 47.6 Å². The molecule has 0 aromatic heterocycles. The molecule has 2 aromatic rings. The Bertz CT molecular complexity index is 736. The third-order valence-electron chi connectivity index (χ3n) is 3.33. The number of fused-ring (bicyclic) bond motifs is 1. The van der Waals surface area contributed by atoms with Crippen LogP contribution < -0.4 is 14.8 Å². The van der Waals surface area contributed by atoms with Gasteiger partial charge in [0.2, 0.25) is 5.91 Å². The van der Waals surface area contributed by atoms with Gasteiger partial charge in [-0.25, -0.2) is 0 Å². The van der Waals surface area contributed by atoms with E-state index in [1.165, 1.54) is 11.8 Å². The van der Waals surface area contributed by atoms with E-state index in [1.54, 1.807) is 0 Å². The van der Waals surface area contributed by atoms with Crippen molar-refractivity contribution in [3.05, 3.63) is 46.4 Å². The molecule has 0 aliphatic carbocycles. The third kappa shape index (κ3) is 4.20. The zero-order valence-electron chi connectivity index (χ0n) is 12.6. The van der Waals surface area contributed by atoms with Crippen molar-refractivity contribution in [1.82, 2.24) is 0 Å². The summed E-state index contributed by atoms with van der Waals surface area (Å²) in [6, 6.07) is 11.5. The van der Waals surface area contributed by atoms with Gasteiger partial charge in [-0.05, 0) is 48.9 Å². The maximum absolute atomic E-state index is 12.1. The minimum atomic E-state index is -0.0355. The summed E-state index contributed by atoms with van der Waals surface area (Å²) in [4.78, 5) is 13.1. The minimum absolute atomic E-state index is 0.0355. The van der Waals surface area contributed by atoms with Gasteiger partial charge in [0.1, 0.15) is 13.2 Å². The molecule has 3 rings (SSSR count). The quantitative estimate of drug-likeness (QED) is 0.788. The molecule has 120 valence electrons. The molecule has 1 aliphatic heterocycles. The first-order chi connectivity index (χ1) is 11.1. The summed E-state index contributed by atoms with van der Waals surface area (Å²) < 4.78 is 12.1. The Morgan fingerprint density at radius 2 is 1.96 bits per heavy atom. The molecule has 4 nitrogen and oxygen atoms in total. The van der Waals surface area contributed by atoms with Crippen molar-refractivity contribution in [2.24, 2.45) is 0 Å². The van der Waals surface area contributed by atoms with Crippen LogP contribution in [0.3, 0.4) is 0 Å². The molecule has 1 aliphatic rings. The van der Waals surface area contributed by atoms with Crippen LogP contribution in [0.1, 0.15) is 5.56 Å². The van der Waals surface area contributed by atoms with Gasteiger partial charge in [0.15, 0.2) is 11.5 Å². The number of carbonyl (C=O) groups excluding carboxylic acids is 1. The zero-order valence-corrected chi connectivity index (χ0v) is 15.0. The molecule has 0 spiro atoms. The summed E-state index contributed by atoms with van der Waals surface area (Å²) in [5.41, 5.74) is 1.89. The van der Waals surface area contributed by atoms with Gasteiger partial charge < -0.3 is 14.8 Å². The highest BCUT2D eigenvalue weighted by atomic mass is 79.9. The zero-order chi connectivity index (χ0) is 16.2. The number of benzene rings is 2. The van der Waals surface area contributed by atoms with Crippen LogP contribution in [0, 0.1) is 6.92 Å². The molecule has 0 atom stereocenters. The number of nitrogens with one attached hydrogen (secondary N) is 1. The van der Waals surface area contributed by atoms with E-state index >= 15 is 0 Å². The smallest absolute Gasteiger partial charge is 0.234 e. The van der Waals surface area contributed by atoms with Crippen LogP contribution in [-0.4, -0.2) is 24.9 Å².